The molecule has 15 heavy (non-hydrogen) atoms. The van der Waals surface area contributed by atoms with Gasteiger partial charge in [-0.1, -0.05) is 18.2 Å². The lowest BCUT2D eigenvalue weighted by molar-refractivity contribution is 0.137. The molecule has 2 heteroatoms. The Kier molecular flexibility index (Phi) is 3.62. The molecule has 0 radical (unpaired) electrons. The second-order valence-electron chi connectivity index (χ2n) is 4.21. The van der Waals surface area contributed by atoms with Crippen molar-refractivity contribution in [2.24, 2.45) is 0 Å². The van der Waals surface area contributed by atoms with Gasteiger partial charge in [0.05, 0.1) is 0 Å². The van der Waals surface area contributed by atoms with E-state index in [-0.39, 0.29) is 0 Å². The highest BCUT2D eigenvalue weighted by atomic mass is 16.5. The molecule has 2 atom stereocenters. The van der Waals surface area contributed by atoms with Gasteiger partial charge in [0.25, 0.3) is 0 Å². The number of hydrogen-bond donors (Lipinski definition) is 1. The molecule has 2 nitrogen and oxygen atoms in total. The molecule has 1 aromatic carbocycles. The zero-order valence-corrected chi connectivity index (χ0v) is 9.28. The van der Waals surface area contributed by atoms with Crippen molar-refractivity contribution >= 4 is 0 Å². The number of nitrogens with one attached hydrogen (secondary N) is 1. The number of hydrogen-bond acceptors (Lipinski definition) is 2. The summed E-state index contributed by atoms with van der Waals surface area (Å²) in [7, 11) is 2.04. The third kappa shape index (κ3) is 2.96. The smallest absolute Gasteiger partial charge is 0.119 e. The fraction of sp³-hybridized carbons (Fsp3) is 0.538. The largest absolute Gasteiger partial charge is 0.490 e. The van der Waals surface area contributed by atoms with Gasteiger partial charge in [0.2, 0.25) is 0 Å². The molecular formula is C13H19NO. The fourth-order valence-corrected chi connectivity index (χ4v) is 2.21. The SMILES string of the molecule is CNC1CCCC(Oc2ccccc2)C1. The van der Waals surface area contributed by atoms with Gasteiger partial charge in [0.15, 0.2) is 0 Å². The second kappa shape index (κ2) is 5.17. The normalized spacial score (nSPS) is 26.2. The van der Waals surface area contributed by atoms with Crippen molar-refractivity contribution in [3.63, 3.8) is 0 Å². The fourth-order valence-electron chi connectivity index (χ4n) is 2.21. The first-order valence-corrected chi connectivity index (χ1v) is 5.77. The summed E-state index contributed by atoms with van der Waals surface area (Å²) in [4.78, 5) is 0. The maximum absolute atomic E-state index is 5.95. The minimum atomic E-state index is 0.388. The summed E-state index contributed by atoms with van der Waals surface area (Å²) in [6.07, 6.45) is 5.26. The average molecular weight is 205 g/mol. The number of benzene rings is 1. The molecule has 82 valence electrons. The number of rotatable bonds is 3. The van der Waals surface area contributed by atoms with Crippen LogP contribution in [0, 0.1) is 0 Å². The maximum atomic E-state index is 5.95. The van der Waals surface area contributed by atoms with Gasteiger partial charge < -0.3 is 10.1 Å². The van der Waals surface area contributed by atoms with E-state index in [0.717, 1.165) is 12.2 Å². The van der Waals surface area contributed by atoms with E-state index in [1.165, 1.54) is 19.3 Å². The van der Waals surface area contributed by atoms with Crippen molar-refractivity contribution < 1.29 is 4.74 Å². The summed E-state index contributed by atoms with van der Waals surface area (Å²) in [5.41, 5.74) is 0. The molecular weight excluding hydrogens is 186 g/mol. The summed E-state index contributed by atoms with van der Waals surface area (Å²) in [5, 5.41) is 3.34. The zero-order valence-electron chi connectivity index (χ0n) is 9.28. The Morgan fingerprint density at radius 1 is 1.20 bits per heavy atom. The van der Waals surface area contributed by atoms with E-state index < -0.39 is 0 Å². The Hall–Kier alpha value is -1.02. The average Bonchev–Trinajstić information content (AvgIpc) is 2.31. The van der Waals surface area contributed by atoms with Crippen molar-refractivity contribution in [1.29, 1.82) is 0 Å². The molecule has 1 saturated carbocycles. The van der Waals surface area contributed by atoms with Crippen LogP contribution in [0.1, 0.15) is 25.7 Å². The van der Waals surface area contributed by atoms with Crippen LogP contribution in [0.15, 0.2) is 30.3 Å². The Morgan fingerprint density at radius 3 is 2.73 bits per heavy atom. The summed E-state index contributed by atoms with van der Waals surface area (Å²) in [6.45, 7) is 0. The van der Waals surface area contributed by atoms with Gasteiger partial charge in [0, 0.05) is 6.04 Å². The molecule has 2 unspecified atom stereocenters. The van der Waals surface area contributed by atoms with E-state index in [2.05, 4.69) is 5.32 Å². The third-order valence-corrected chi connectivity index (χ3v) is 3.08. The van der Waals surface area contributed by atoms with Gasteiger partial charge >= 0.3 is 0 Å². The van der Waals surface area contributed by atoms with Crippen molar-refractivity contribution in [1.82, 2.24) is 5.32 Å². The summed E-state index contributed by atoms with van der Waals surface area (Å²) in [6, 6.07) is 10.8. The highest BCUT2D eigenvalue weighted by Gasteiger charge is 2.21. The monoisotopic (exact) mass is 205 g/mol. The molecule has 1 aliphatic carbocycles. The second-order valence-corrected chi connectivity index (χ2v) is 4.21. The standard InChI is InChI=1S/C13H19NO/c1-14-11-6-5-9-13(10-11)15-12-7-3-2-4-8-12/h2-4,7-8,11,13-14H,5-6,9-10H2,1H3. The van der Waals surface area contributed by atoms with Crippen molar-refractivity contribution in [3.05, 3.63) is 30.3 Å². The van der Waals surface area contributed by atoms with Gasteiger partial charge in [-0.2, -0.15) is 0 Å². The molecule has 1 aromatic rings. The lowest BCUT2D eigenvalue weighted by atomic mass is 9.93. The first kappa shape index (κ1) is 10.5. The van der Waals surface area contributed by atoms with E-state index in [1.807, 2.05) is 37.4 Å². The predicted octanol–water partition coefficient (Wildman–Crippen LogP) is 2.60. The predicted molar refractivity (Wildman–Crippen MR) is 62.2 cm³/mol. The third-order valence-electron chi connectivity index (χ3n) is 3.08. The van der Waals surface area contributed by atoms with E-state index >= 15 is 0 Å². The molecule has 1 aliphatic rings. The highest BCUT2D eigenvalue weighted by molar-refractivity contribution is 5.21. The molecule has 0 aromatic heterocycles. The molecule has 0 aliphatic heterocycles. The van der Waals surface area contributed by atoms with Crippen LogP contribution >= 0.6 is 0 Å². The van der Waals surface area contributed by atoms with E-state index in [9.17, 15) is 0 Å². The maximum Gasteiger partial charge on any atom is 0.119 e. The Bertz CT molecular complexity index is 286. The lowest BCUT2D eigenvalue weighted by Crippen LogP contribution is -2.36. The van der Waals surface area contributed by atoms with Gasteiger partial charge in [-0.15, -0.1) is 0 Å². The van der Waals surface area contributed by atoms with Crippen molar-refractivity contribution in [2.45, 2.75) is 37.8 Å². The molecule has 0 bridgehead atoms. The minimum absolute atomic E-state index is 0.388. The van der Waals surface area contributed by atoms with E-state index in [4.69, 9.17) is 4.74 Å². The van der Waals surface area contributed by atoms with Crippen molar-refractivity contribution in [3.8, 4) is 5.75 Å². The first-order valence-electron chi connectivity index (χ1n) is 5.77. The number of para-hydroxylation sites is 1. The van der Waals surface area contributed by atoms with Crippen LogP contribution in [0.4, 0.5) is 0 Å². The topological polar surface area (TPSA) is 21.3 Å². The van der Waals surface area contributed by atoms with Crippen LogP contribution in [0.25, 0.3) is 0 Å². The van der Waals surface area contributed by atoms with Crippen LogP contribution in [0.2, 0.25) is 0 Å². The van der Waals surface area contributed by atoms with Gasteiger partial charge in [0.1, 0.15) is 11.9 Å². The van der Waals surface area contributed by atoms with Crippen LogP contribution in [-0.2, 0) is 0 Å². The first-order chi connectivity index (χ1) is 7.38. The highest BCUT2D eigenvalue weighted by Crippen LogP contribution is 2.23. The molecule has 2 rings (SSSR count). The summed E-state index contributed by atoms with van der Waals surface area (Å²) < 4.78 is 5.95. The molecule has 0 amide bonds. The van der Waals surface area contributed by atoms with E-state index in [1.54, 1.807) is 0 Å². The van der Waals surface area contributed by atoms with Crippen molar-refractivity contribution in [2.75, 3.05) is 7.05 Å². The van der Waals surface area contributed by atoms with E-state index in [0.29, 0.717) is 12.1 Å². The Labute approximate surface area is 91.6 Å². The molecule has 0 saturated heterocycles. The van der Waals surface area contributed by atoms with Gasteiger partial charge in [-0.3, -0.25) is 0 Å². The van der Waals surface area contributed by atoms with Crippen LogP contribution in [-0.4, -0.2) is 19.2 Å². The zero-order chi connectivity index (χ0) is 10.5. The van der Waals surface area contributed by atoms with Gasteiger partial charge in [-0.05, 0) is 44.9 Å². The molecule has 0 spiro atoms. The molecule has 1 N–H and O–H groups in total. The van der Waals surface area contributed by atoms with Gasteiger partial charge in [-0.25, -0.2) is 0 Å². The molecule has 1 fully saturated rings. The quantitative estimate of drug-likeness (QED) is 0.819. The summed E-state index contributed by atoms with van der Waals surface area (Å²) >= 11 is 0. The van der Waals surface area contributed by atoms with Crippen LogP contribution in [0.5, 0.6) is 5.75 Å². The summed E-state index contributed by atoms with van der Waals surface area (Å²) in [5.74, 6) is 0.999. The molecule has 0 heterocycles. The number of ether oxygens (including phenoxy) is 1. The van der Waals surface area contributed by atoms with Crippen LogP contribution in [0.3, 0.4) is 0 Å². The Balaban J connectivity index is 1.89. The lowest BCUT2D eigenvalue weighted by Gasteiger charge is -2.29. The Morgan fingerprint density at radius 2 is 2.00 bits per heavy atom. The minimum Gasteiger partial charge on any atom is -0.490 e. The van der Waals surface area contributed by atoms with Crippen LogP contribution < -0.4 is 10.1 Å².